The van der Waals surface area contributed by atoms with Crippen LogP contribution in [0.5, 0.6) is 0 Å². The molecule has 1 aliphatic rings. The second kappa shape index (κ2) is 7.38. The zero-order valence-corrected chi connectivity index (χ0v) is 16.3. The Morgan fingerprint density at radius 2 is 2.00 bits per heavy atom. The number of hydrogen-bond acceptors (Lipinski definition) is 4. The van der Waals surface area contributed by atoms with Crippen molar-refractivity contribution >= 4 is 27.5 Å². The molecule has 0 atom stereocenters. The molecule has 1 amide bonds. The van der Waals surface area contributed by atoms with Gasteiger partial charge in [-0.05, 0) is 31.0 Å². The topological polar surface area (TPSA) is 75.5 Å². The molecule has 3 rings (SSSR count). The molecule has 0 radical (unpaired) electrons. The number of aromatic nitrogens is 2. The van der Waals surface area contributed by atoms with E-state index >= 15 is 0 Å². The van der Waals surface area contributed by atoms with Crippen LogP contribution < -0.4 is 0 Å². The van der Waals surface area contributed by atoms with Crippen molar-refractivity contribution in [2.45, 2.75) is 24.3 Å². The predicted octanol–water partition coefficient (Wildman–Crippen LogP) is 2.13. The van der Waals surface area contributed by atoms with Crippen LogP contribution >= 0.6 is 11.6 Å². The lowest BCUT2D eigenvalue weighted by Crippen LogP contribution is -2.29. The zero-order valence-electron chi connectivity index (χ0n) is 14.7. The van der Waals surface area contributed by atoms with Gasteiger partial charge in [-0.25, -0.2) is 8.42 Å². The number of carbonyl (C=O) groups excluding carboxylic acids is 1. The van der Waals surface area contributed by atoms with Crippen LogP contribution in [0.15, 0.2) is 35.5 Å². The fraction of sp³-hybridized carbons (Fsp3) is 0.412. The quantitative estimate of drug-likeness (QED) is 0.775. The van der Waals surface area contributed by atoms with Gasteiger partial charge in [-0.3, -0.25) is 9.48 Å². The third-order valence-electron chi connectivity index (χ3n) is 4.40. The summed E-state index contributed by atoms with van der Waals surface area (Å²) in [5.74, 6) is -0.336. The maximum Gasteiger partial charge on any atom is 0.255 e. The van der Waals surface area contributed by atoms with Gasteiger partial charge in [0, 0.05) is 45.5 Å². The summed E-state index contributed by atoms with van der Waals surface area (Å²) in [4.78, 5) is 14.4. The van der Waals surface area contributed by atoms with Crippen LogP contribution in [0.3, 0.4) is 0 Å². The lowest BCUT2D eigenvalue weighted by molar-refractivity contribution is 0.0785. The van der Waals surface area contributed by atoms with Crippen LogP contribution in [0.1, 0.15) is 28.8 Å². The van der Waals surface area contributed by atoms with Crippen molar-refractivity contribution in [3.63, 3.8) is 0 Å². The summed E-state index contributed by atoms with van der Waals surface area (Å²) in [6.45, 7) is 1.37. The number of nitrogens with zero attached hydrogens (tertiary/aromatic N) is 4. The number of benzene rings is 1. The first kappa shape index (κ1) is 18.9. The van der Waals surface area contributed by atoms with Crippen LogP contribution in [0.2, 0.25) is 5.02 Å². The Labute approximate surface area is 158 Å². The molecule has 7 nitrogen and oxygen atoms in total. The van der Waals surface area contributed by atoms with E-state index in [1.165, 1.54) is 27.4 Å². The minimum absolute atomic E-state index is 0.0990. The molecule has 2 heterocycles. The summed E-state index contributed by atoms with van der Waals surface area (Å²) >= 11 is 6.18. The lowest BCUT2D eigenvalue weighted by Gasteiger charge is -2.19. The van der Waals surface area contributed by atoms with E-state index in [1.54, 1.807) is 25.0 Å². The zero-order chi connectivity index (χ0) is 18.9. The van der Waals surface area contributed by atoms with E-state index in [2.05, 4.69) is 5.10 Å². The molecule has 0 N–H and O–H groups in total. The molecule has 1 aromatic carbocycles. The minimum atomic E-state index is -3.60. The smallest absolute Gasteiger partial charge is 0.255 e. The van der Waals surface area contributed by atoms with E-state index in [0.29, 0.717) is 19.6 Å². The second-order valence-electron chi connectivity index (χ2n) is 6.44. The molecule has 0 aliphatic carbocycles. The monoisotopic (exact) mass is 396 g/mol. The van der Waals surface area contributed by atoms with Gasteiger partial charge >= 0.3 is 0 Å². The number of rotatable bonds is 5. The van der Waals surface area contributed by atoms with Gasteiger partial charge in [0.2, 0.25) is 10.0 Å². The summed E-state index contributed by atoms with van der Waals surface area (Å²) in [5, 5.41) is 4.31. The van der Waals surface area contributed by atoms with Crippen molar-refractivity contribution in [2.24, 2.45) is 7.05 Å². The first-order valence-corrected chi connectivity index (χ1v) is 10.1. The Morgan fingerprint density at radius 3 is 2.62 bits per heavy atom. The Kier molecular flexibility index (Phi) is 5.36. The second-order valence-corrected chi connectivity index (χ2v) is 8.78. The van der Waals surface area contributed by atoms with Crippen molar-refractivity contribution in [3.8, 4) is 0 Å². The van der Waals surface area contributed by atoms with E-state index in [-0.39, 0.29) is 21.4 Å². The summed E-state index contributed by atoms with van der Waals surface area (Å²) < 4.78 is 28.6. The van der Waals surface area contributed by atoms with Gasteiger partial charge < -0.3 is 4.90 Å². The van der Waals surface area contributed by atoms with Crippen molar-refractivity contribution < 1.29 is 13.2 Å². The van der Waals surface area contributed by atoms with E-state index in [0.717, 1.165) is 18.4 Å². The van der Waals surface area contributed by atoms with Crippen LogP contribution in [-0.4, -0.2) is 53.4 Å². The highest BCUT2D eigenvalue weighted by molar-refractivity contribution is 7.89. The number of halogens is 1. The van der Waals surface area contributed by atoms with Gasteiger partial charge in [0.15, 0.2) is 0 Å². The fourth-order valence-corrected chi connectivity index (χ4v) is 4.75. The first-order chi connectivity index (χ1) is 12.3. The SMILES string of the molecule is CN(Cc1cnn(C)c1)C(=O)c1cc(S(=O)(=O)N2CCCC2)ccc1Cl. The Morgan fingerprint density at radius 1 is 1.31 bits per heavy atom. The highest BCUT2D eigenvalue weighted by Gasteiger charge is 2.28. The van der Waals surface area contributed by atoms with Gasteiger partial charge in [0.05, 0.1) is 21.7 Å². The average Bonchev–Trinajstić information content (AvgIpc) is 3.26. The van der Waals surface area contributed by atoms with Gasteiger partial charge in [0.25, 0.3) is 5.91 Å². The first-order valence-electron chi connectivity index (χ1n) is 8.32. The van der Waals surface area contributed by atoms with Crippen LogP contribution in [-0.2, 0) is 23.6 Å². The minimum Gasteiger partial charge on any atom is -0.337 e. The molecule has 0 unspecified atom stereocenters. The summed E-state index contributed by atoms with van der Waals surface area (Å²) in [5.41, 5.74) is 1.05. The molecule has 0 spiro atoms. The molecule has 26 heavy (non-hydrogen) atoms. The van der Waals surface area contributed by atoms with Crippen molar-refractivity contribution in [1.82, 2.24) is 19.0 Å². The normalized spacial score (nSPS) is 15.3. The van der Waals surface area contributed by atoms with Crippen molar-refractivity contribution in [2.75, 3.05) is 20.1 Å². The maximum absolute atomic E-state index is 12.8. The van der Waals surface area contributed by atoms with E-state index in [1.807, 2.05) is 6.20 Å². The highest BCUT2D eigenvalue weighted by Crippen LogP contribution is 2.26. The Balaban J connectivity index is 1.86. The number of aryl methyl sites for hydroxylation is 1. The van der Waals surface area contributed by atoms with Gasteiger partial charge in [-0.2, -0.15) is 9.40 Å². The highest BCUT2D eigenvalue weighted by atomic mass is 35.5. The molecule has 2 aromatic rings. The van der Waals surface area contributed by atoms with Crippen molar-refractivity contribution in [1.29, 1.82) is 0 Å². The molecule has 1 saturated heterocycles. The lowest BCUT2D eigenvalue weighted by atomic mass is 10.2. The number of sulfonamides is 1. The fourth-order valence-electron chi connectivity index (χ4n) is 3.01. The Bertz CT molecular complexity index is 920. The largest absolute Gasteiger partial charge is 0.337 e. The van der Waals surface area contributed by atoms with Gasteiger partial charge in [-0.1, -0.05) is 11.6 Å². The molecule has 0 bridgehead atoms. The summed E-state index contributed by atoms with van der Waals surface area (Å²) in [7, 11) is -0.156. The number of amides is 1. The number of carbonyl (C=O) groups is 1. The maximum atomic E-state index is 12.8. The standard InChI is InChI=1S/C17H21ClN4O3S/c1-20(11-13-10-19-21(2)12-13)17(23)15-9-14(5-6-16(15)18)26(24,25)22-7-3-4-8-22/h5-6,9-10,12H,3-4,7-8,11H2,1-2H3. The molecule has 9 heteroatoms. The van der Waals surface area contributed by atoms with E-state index in [9.17, 15) is 13.2 Å². The third kappa shape index (κ3) is 3.77. The summed E-state index contributed by atoms with van der Waals surface area (Å²) in [6.07, 6.45) is 5.21. The molecule has 1 aliphatic heterocycles. The summed E-state index contributed by atoms with van der Waals surface area (Å²) in [6, 6.07) is 4.29. The van der Waals surface area contributed by atoms with Gasteiger partial charge in [-0.15, -0.1) is 0 Å². The van der Waals surface area contributed by atoms with Crippen molar-refractivity contribution in [3.05, 3.63) is 46.7 Å². The van der Waals surface area contributed by atoms with Crippen LogP contribution in [0, 0.1) is 0 Å². The molecule has 1 fully saturated rings. The average molecular weight is 397 g/mol. The third-order valence-corrected chi connectivity index (χ3v) is 6.62. The van der Waals surface area contributed by atoms with Crippen LogP contribution in [0.25, 0.3) is 0 Å². The molecular formula is C17H21ClN4O3S. The van der Waals surface area contributed by atoms with Crippen LogP contribution in [0.4, 0.5) is 0 Å². The Hall–Kier alpha value is -1.90. The molecule has 0 saturated carbocycles. The van der Waals surface area contributed by atoms with E-state index < -0.39 is 10.0 Å². The molecule has 140 valence electrons. The predicted molar refractivity (Wildman–Crippen MR) is 98.5 cm³/mol. The molecule has 1 aromatic heterocycles. The molecular weight excluding hydrogens is 376 g/mol. The van der Waals surface area contributed by atoms with Gasteiger partial charge in [0.1, 0.15) is 0 Å². The van der Waals surface area contributed by atoms with E-state index in [4.69, 9.17) is 11.6 Å². The number of hydrogen-bond donors (Lipinski definition) is 0.